The van der Waals surface area contributed by atoms with Crippen LogP contribution in [-0.4, -0.2) is 28.1 Å². The van der Waals surface area contributed by atoms with Gasteiger partial charge in [0, 0.05) is 35.4 Å². The van der Waals surface area contributed by atoms with Crippen LogP contribution >= 0.6 is 11.8 Å². The number of pyridine rings is 1. The summed E-state index contributed by atoms with van der Waals surface area (Å²) >= 11 is 1.44. The van der Waals surface area contributed by atoms with Crippen LogP contribution in [0.1, 0.15) is 49.1 Å². The number of aliphatic imine (C=N–C) groups is 1. The molecular weight excluding hydrogens is 420 g/mol. The van der Waals surface area contributed by atoms with Gasteiger partial charge in [0.05, 0.1) is 24.3 Å². The van der Waals surface area contributed by atoms with Crippen LogP contribution in [-0.2, 0) is 18.4 Å². The molecule has 8 heteroatoms. The van der Waals surface area contributed by atoms with Crippen LogP contribution in [0.5, 0.6) is 5.88 Å². The zero-order valence-electron chi connectivity index (χ0n) is 18.1. The zero-order valence-corrected chi connectivity index (χ0v) is 18.9. The van der Waals surface area contributed by atoms with Gasteiger partial charge in [-0.1, -0.05) is 38.6 Å². The Bertz CT molecular complexity index is 1050. The molecule has 1 unspecified atom stereocenters. The van der Waals surface area contributed by atoms with Gasteiger partial charge in [0.1, 0.15) is 11.6 Å². The van der Waals surface area contributed by atoms with Gasteiger partial charge in [0.15, 0.2) is 5.17 Å². The second-order valence-corrected chi connectivity index (χ2v) is 10.4. The van der Waals surface area contributed by atoms with Gasteiger partial charge in [-0.2, -0.15) is 0 Å². The highest BCUT2D eigenvalue weighted by molar-refractivity contribution is 8.13. The quantitative estimate of drug-likeness (QED) is 0.740. The molecule has 2 aromatic rings. The number of nitrogens with two attached hydrogens (primary N) is 1. The molecule has 0 fully saturated rings. The summed E-state index contributed by atoms with van der Waals surface area (Å²) in [7, 11) is 1.55. The van der Waals surface area contributed by atoms with Crippen LogP contribution in [0.25, 0.3) is 0 Å². The molecule has 0 saturated heterocycles. The average Bonchev–Trinajstić information content (AvgIpc) is 2.70. The Kier molecular flexibility index (Phi) is 5.50. The van der Waals surface area contributed by atoms with E-state index in [1.807, 2.05) is 6.07 Å². The SMILES string of the molecule is COc1nccc2c1C[C@]1(c3ccc(F)c(C(O)C(C)(C)C)c3F)N=C(N)SC[C@@H]1C2. The Balaban J connectivity index is 1.95. The molecular formula is C23H27F2N3O2S. The third-order valence-corrected chi connectivity index (χ3v) is 7.28. The lowest BCUT2D eigenvalue weighted by Gasteiger charge is -2.45. The van der Waals surface area contributed by atoms with Crippen molar-refractivity contribution in [3.05, 3.63) is 58.3 Å². The first-order chi connectivity index (χ1) is 14.6. The lowest BCUT2D eigenvalue weighted by molar-refractivity contribution is 0.0555. The number of aromatic nitrogens is 1. The third-order valence-electron chi connectivity index (χ3n) is 6.32. The number of thioether (sulfide) groups is 1. The van der Waals surface area contributed by atoms with Crippen molar-refractivity contribution >= 4 is 16.9 Å². The number of hydrogen-bond acceptors (Lipinski definition) is 6. The van der Waals surface area contributed by atoms with Crippen LogP contribution in [0.2, 0.25) is 0 Å². The van der Waals surface area contributed by atoms with Crippen molar-refractivity contribution in [3.8, 4) is 5.88 Å². The molecule has 0 spiro atoms. The molecule has 0 amide bonds. The number of aliphatic hydroxyl groups is 1. The zero-order chi connectivity index (χ0) is 22.6. The number of fused-ring (bicyclic) bond motifs is 2. The molecule has 1 aliphatic heterocycles. The molecule has 166 valence electrons. The number of benzene rings is 1. The van der Waals surface area contributed by atoms with Crippen LogP contribution in [0, 0.1) is 23.0 Å². The average molecular weight is 448 g/mol. The molecule has 0 radical (unpaired) electrons. The lowest BCUT2D eigenvalue weighted by atomic mass is 9.67. The van der Waals surface area contributed by atoms with E-state index in [0.29, 0.717) is 29.6 Å². The normalized spacial score (nSPS) is 24.1. The highest BCUT2D eigenvalue weighted by Crippen LogP contribution is 2.51. The minimum absolute atomic E-state index is 0.0519. The number of methoxy groups -OCH3 is 1. The Morgan fingerprint density at radius 1 is 1.29 bits per heavy atom. The van der Waals surface area contributed by atoms with Gasteiger partial charge in [-0.25, -0.2) is 13.8 Å². The van der Waals surface area contributed by atoms with Gasteiger partial charge in [-0.3, -0.25) is 4.99 Å². The predicted molar refractivity (Wildman–Crippen MR) is 118 cm³/mol. The molecule has 3 atom stereocenters. The van der Waals surface area contributed by atoms with Gasteiger partial charge >= 0.3 is 0 Å². The van der Waals surface area contributed by atoms with Crippen molar-refractivity contribution in [2.75, 3.05) is 12.9 Å². The van der Waals surface area contributed by atoms with Crippen molar-refractivity contribution < 1.29 is 18.6 Å². The molecule has 4 rings (SSSR count). The second kappa shape index (κ2) is 7.74. The number of ether oxygens (including phenoxy) is 1. The van der Waals surface area contributed by atoms with Crippen LogP contribution in [0.3, 0.4) is 0 Å². The summed E-state index contributed by atoms with van der Waals surface area (Å²) in [5.74, 6) is -0.451. The first-order valence-corrected chi connectivity index (χ1v) is 11.2. The molecule has 3 N–H and O–H groups in total. The first kappa shape index (κ1) is 22.0. The maximum absolute atomic E-state index is 16.0. The number of halogens is 2. The highest BCUT2D eigenvalue weighted by Gasteiger charge is 2.49. The smallest absolute Gasteiger partial charge is 0.216 e. The summed E-state index contributed by atoms with van der Waals surface area (Å²) in [5.41, 5.74) is 6.22. The van der Waals surface area contributed by atoms with Gasteiger partial charge in [0.2, 0.25) is 5.88 Å². The molecule has 1 aromatic carbocycles. The van der Waals surface area contributed by atoms with Gasteiger partial charge in [-0.15, -0.1) is 0 Å². The Morgan fingerprint density at radius 2 is 2.03 bits per heavy atom. The van der Waals surface area contributed by atoms with E-state index >= 15 is 4.39 Å². The van der Waals surface area contributed by atoms with E-state index in [-0.39, 0.29) is 17.0 Å². The van der Waals surface area contributed by atoms with E-state index in [1.165, 1.54) is 23.9 Å². The number of amidine groups is 1. The molecule has 2 heterocycles. The predicted octanol–water partition coefficient (Wildman–Crippen LogP) is 4.12. The summed E-state index contributed by atoms with van der Waals surface area (Å²) in [5, 5.41) is 11.1. The van der Waals surface area contributed by atoms with Crippen molar-refractivity contribution in [2.24, 2.45) is 22.1 Å². The Labute approximate surface area is 185 Å². The number of aliphatic hydroxyl groups excluding tert-OH is 1. The Morgan fingerprint density at radius 3 is 2.71 bits per heavy atom. The molecule has 31 heavy (non-hydrogen) atoms. The van der Waals surface area contributed by atoms with Gasteiger partial charge < -0.3 is 15.6 Å². The standard InChI is InChI=1S/C23H27F2N3O2S/c1-22(2,3)19(29)17-16(24)6-5-15(18(17)25)23-10-14-12(7-8-27-20(14)30-4)9-13(23)11-31-21(26)28-23/h5-8,13,19,29H,9-11H2,1-4H3,(H2,26,28)/t13-,19?,23-/m0/s1. The first-order valence-electron chi connectivity index (χ1n) is 10.2. The van der Waals surface area contributed by atoms with E-state index in [1.54, 1.807) is 34.1 Å². The lowest BCUT2D eigenvalue weighted by Crippen LogP contribution is -2.47. The van der Waals surface area contributed by atoms with E-state index in [0.717, 1.165) is 11.1 Å². The number of rotatable bonds is 3. The molecule has 1 aliphatic carbocycles. The molecule has 0 bridgehead atoms. The minimum atomic E-state index is -1.31. The number of hydrogen-bond donors (Lipinski definition) is 2. The second-order valence-electron chi connectivity index (χ2n) is 9.31. The fraction of sp³-hybridized carbons (Fsp3) is 0.478. The molecule has 0 saturated carbocycles. The maximum atomic E-state index is 16.0. The van der Waals surface area contributed by atoms with Crippen LogP contribution < -0.4 is 10.5 Å². The topological polar surface area (TPSA) is 80.7 Å². The molecule has 1 aromatic heterocycles. The van der Waals surface area contributed by atoms with E-state index < -0.39 is 28.7 Å². The fourth-order valence-corrected chi connectivity index (χ4v) is 5.61. The summed E-state index contributed by atoms with van der Waals surface area (Å²) in [6.45, 7) is 5.22. The van der Waals surface area contributed by atoms with Crippen LogP contribution in [0.4, 0.5) is 8.78 Å². The van der Waals surface area contributed by atoms with Crippen molar-refractivity contribution in [2.45, 2.75) is 45.3 Å². The highest BCUT2D eigenvalue weighted by atomic mass is 32.2. The van der Waals surface area contributed by atoms with E-state index in [2.05, 4.69) is 4.98 Å². The third kappa shape index (κ3) is 3.59. The van der Waals surface area contributed by atoms with E-state index in [4.69, 9.17) is 15.5 Å². The molecule has 5 nitrogen and oxygen atoms in total. The van der Waals surface area contributed by atoms with Crippen molar-refractivity contribution in [1.82, 2.24) is 4.98 Å². The molecule has 2 aliphatic rings. The van der Waals surface area contributed by atoms with Crippen molar-refractivity contribution in [1.29, 1.82) is 0 Å². The summed E-state index contributed by atoms with van der Waals surface area (Å²) < 4.78 is 36.2. The van der Waals surface area contributed by atoms with Gasteiger partial charge in [0.25, 0.3) is 0 Å². The fourth-order valence-electron chi connectivity index (χ4n) is 4.62. The largest absolute Gasteiger partial charge is 0.481 e. The monoisotopic (exact) mass is 447 g/mol. The minimum Gasteiger partial charge on any atom is -0.481 e. The maximum Gasteiger partial charge on any atom is 0.216 e. The summed E-state index contributed by atoms with van der Waals surface area (Å²) in [6, 6.07) is 4.61. The van der Waals surface area contributed by atoms with Gasteiger partial charge in [-0.05, 0) is 29.5 Å². The summed E-state index contributed by atoms with van der Waals surface area (Å²) in [4.78, 5) is 9.07. The van der Waals surface area contributed by atoms with Crippen LogP contribution in [0.15, 0.2) is 29.4 Å². The summed E-state index contributed by atoms with van der Waals surface area (Å²) in [6.07, 6.45) is 1.37. The Hall–Kier alpha value is -2.19. The van der Waals surface area contributed by atoms with E-state index in [9.17, 15) is 9.50 Å². The number of nitrogens with zero attached hydrogens (tertiary/aromatic N) is 2. The van der Waals surface area contributed by atoms with Crippen molar-refractivity contribution in [3.63, 3.8) is 0 Å².